The molecule has 1 amide bonds. The lowest BCUT2D eigenvalue weighted by molar-refractivity contribution is 0.0879. The molecule has 0 aliphatic carbocycles. The van der Waals surface area contributed by atoms with Gasteiger partial charge < -0.3 is 14.5 Å². The zero-order valence-corrected chi connectivity index (χ0v) is 13.0. The Morgan fingerprint density at radius 3 is 2.77 bits per heavy atom. The Bertz CT molecular complexity index is 835. The van der Waals surface area contributed by atoms with Crippen molar-refractivity contribution in [3.05, 3.63) is 47.7 Å². The molecule has 0 unspecified atom stereocenters. The summed E-state index contributed by atoms with van der Waals surface area (Å²) in [6.07, 6.45) is 0. The van der Waals surface area contributed by atoms with Crippen molar-refractivity contribution >= 4 is 27.6 Å². The van der Waals surface area contributed by atoms with Crippen molar-refractivity contribution in [2.24, 2.45) is 0 Å². The van der Waals surface area contributed by atoms with Gasteiger partial charge in [-0.25, -0.2) is 0 Å². The lowest BCUT2D eigenvalue weighted by atomic mass is 10.1. The molecule has 1 heterocycles. The predicted molar refractivity (Wildman–Crippen MR) is 87.3 cm³/mol. The number of rotatable bonds is 4. The van der Waals surface area contributed by atoms with Crippen LogP contribution >= 0.6 is 0 Å². The Hall–Kier alpha value is -2.33. The molecule has 2 aromatic carbocycles. The maximum absolute atomic E-state index is 12.4. The topological polar surface area (TPSA) is 51.5 Å². The summed E-state index contributed by atoms with van der Waals surface area (Å²) in [7, 11) is 1.61. The van der Waals surface area contributed by atoms with E-state index < -0.39 is 0 Å². The van der Waals surface area contributed by atoms with E-state index in [1.807, 2.05) is 44.2 Å². The smallest absolute Gasteiger partial charge is 0.287 e. The van der Waals surface area contributed by atoms with Gasteiger partial charge in [0.05, 0.1) is 6.61 Å². The number of carbonyl (C=O) groups excluding carboxylic acids is 1. The summed E-state index contributed by atoms with van der Waals surface area (Å²) in [6.45, 7) is 4.28. The molecule has 0 aliphatic rings. The van der Waals surface area contributed by atoms with Crippen molar-refractivity contribution in [1.29, 1.82) is 0 Å². The van der Waals surface area contributed by atoms with Crippen LogP contribution in [-0.2, 0) is 4.74 Å². The first-order valence-corrected chi connectivity index (χ1v) is 7.32. The van der Waals surface area contributed by atoms with Crippen LogP contribution in [0.15, 0.2) is 40.8 Å². The molecule has 0 saturated carbocycles. The van der Waals surface area contributed by atoms with Crippen LogP contribution in [0, 0.1) is 6.92 Å². The van der Waals surface area contributed by atoms with E-state index in [1.54, 1.807) is 7.11 Å². The van der Waals surface area contributed by atoms with Gasteiger partial charge >= 0.3 is 0 Å². The number of ether oxygens (including phenoxy) is 1. The molecular weight excluding hydrogens is 278 g/mol. The highest BCUT2D eigenvalue weighted by Gasteiger charge is 2.20. The van der Waals surface area contributed by atoms with Crippen molar-refractivity contribution in [3.63, 3.8) is 0 Å². The number of methoxy groups -OCH3 is 1. The van der Waals surface area contributed by atoms with Crippen molar-refractivity contribution < 1.29 is 13.9 Å². The van der Waals surface area contributed by atoms with E-state index in [4.69, 9.17) is 9.15 Å². The molecule has 0 fully saturated rings. The van der Waals surface area contributed by atoms with Crippen molar-refractivity contribution in [1.82, 2.24) is 5.32 Å². The fourth-order valence-corrected chi connectivity index (χ4v) is 2.75. The van der Waals surface area contributed by atoms with Gasteiger partial charge in [-0.3, -0.25) is 4.79 Å². The van der Waals surface area contributed by atoms with Crippen molar-refractivity contribution in [2.75, 3.05) is 13.7 Å². The van der Waals surface area contributed by atoms with Gasteiger partial charge in [-0.15, -0.1) is 0 Å². The first-order valence-electron chi connectivity index (χ1n) is 7.32. The van der Waals surface area contributed by atoms with E-state index in [2.05, 4.69) is 11.4 Å². The number of benzene rings is 2. The predicted octanol–water partition coefficient (Wildman–Crippen LogP) is 3.66. The third kappa shape index (κ3) is 2.46. The van der Waals surface area contributed by atoms with E-state index in [0.29, 0.717) is 12.4 Å². The summed E-state index contributed by atoms with van der Waals surface area (Å²) in [5.41, 5.74) is 1.63. The van der Waals surface area contributed by atoms with Crippen LogP contribution in [0.3, 0.4) is 0 Å². The quantitative estimate of drug-likeness (QED) is 0.799. The molecule has 114 valence electrons. The highest BCUT2D eigenvalue weighted by molar-refractivity contribution is 6.08. The Kier molecular flexibility index (Phi) is 3.86. The fraction of sp³-hybridized carbons (Fsp3) is 0.278. The molecule has 0 bridgehead atoms. The molecule has 0 saturated heterocycles. The molecule has 3 aromatic rings. The van der Waals surface area contributed by atoms with Gasteiger partial charge in [-0.05, 0) is 19.2 Å². The lowest BCUT2D eigenvalue weighted by Gasteiger charge is -2.11. The number of hydrogen-bond acceptors (Lipinski definition) is 3. The minimum absolute atomic E-state index is 0.0677. The molecular formula is C18H19NO3. The number of amides is 1. The minimum atomic E-state index is -0.206. The molecule has 0 radical (unpaired) electrons. The highest BCUT2D eigenvalue weighted by Crippen LogP contribution is 2.31. The summed E-state index contributed by atoms with van der Waals surface area (Å²) in [4.78, 5) is 12.4. The van der Waals surface area contributed by atoms with Crippen LogP contribution in [0.2, 0.25) is 0 Å². The molecule has 22 heavy (non-hydrogen) atoms. The van der Waals surface area contributed by atoms with E-state index >= 15 is 0 Å². The standard InChI is InChI=1S/C18H19NO3/c1-11(10-21-3)19-18(20)16-12(2)14-9-8-13-6-4-5-7-15(13)17(14)22-16/h4-9,11H,10H2,1-3H3,(H,19,20)/t11-/m1/s1. The maximum Gasteiger partial charge on any atom is 0.287 e. The van der Waals surface area contributed by atoms with Gasteiger partial charge in [-0.2, -0.15) is 0 Å². The second-order valence-corrected chi connectivity index (χ2v) is 5.55. The average molecular weight is 297 g/mol. The first-order chi connectivity index (χ1) is 10.6. The van der Waals surface area contributed by atoms with E-state index in [-0.39, 0.29) is 11.9 Å². The Morgan fingerprint density at radius 1 is 1.23 bits per heavy atom. The SMILES string of the molecule is COC[C@@H](C)NC(=O)c1oc2c(ccc3ccccc32)c1C. The summed E-state index contributed by atoms with van der Waals surface area (Å²) in [6, 6.07) is 12.0. The summed E-state index contributed by atoms with van der Waals surface area (Å²) in [5.74, 6) is 0.164. The number of nitrogens with one attached hydrogen (secondary N) is 1. The van der Waals surface area contributed by atoms with Gasteiger partial charge in [0.2, 0.25) is 0 Å². The Labute approximate surface area is 129 Å². The molecule has 4 nitrogen and oxygen atoms in total. The summed E-state index contributed by atoms with van der Waals surface area (Å²) >= 11 is 0. The molecule has 4 heteroatoms. The fourth-order valence-electron chi connectivity index (χ4n) is 2.75. The minimum Gasteiger partial charge on any atom is -0.450 e. The Morgan fingerprint density at radius 2 is 2.00 bits per heavy atom. The van der Waals surface area contributed by atoms with E-state index in [0.717, 1.165) is 27.3 Å². The number of hydrogen-bond donors (Lipinski definition) is 1. The second-order valence-electron chi connectivity index (χ2n) is 5.55. The number of aryl methyl sites for hydroxylation is 1. The monoisotopic (exact) mass is 297 g/mol. The maximum atomic E-state index is 12.4. The zero-order valence-electron chi connectivity index (χ0n) is 13.0. The largest absolute Gasteiger partial charge is 0.450 e. The van der Waals surface area contributed by atoms with Gasteiger partial charge in [0.15, 0.2) is 5.76 Å². The van der Waals surface area contributed by atoms with Crippen LogP contribution < -0.4 is 5.32 Å². The molecule has 3 rings (SSSR count). The first kappa shape index (κ1) is 14.6. The van der Waals surface area contributed by atoms with Crippen LogP contribution in [0.4, 0.5) is 0 Å². The average Bonchev–Trinajstić information content (AvgIpc) is 2.85. The number of carbonyl (C=O) groups is 1. The van der Waals surface area contributed by atoms with Crippen molar-refractivity contribution in [3.8, 4) is 0 Å². The normalized spacial score (nSPS) is 12.7. The number of furan rings is 1. The van der Waals surface area contributed by atoms with Gasteiger partial charge in [0, 0.05) is 29.5 Å². The van der Waals surface area contributed by atoms with E-state index in [1.165, 1.54) is 0 Å². The van der Waals surface area contributed by atoms with Crippen LogP contribution in [0.5, 0.6) is 0 Å². The van der Waals surface area contributed by atoms with Gasteiger partial charge in [-0.1, -0.05) is 36.4 Å². The van der Waals surface area contributed by atoms with E-state index in [9.17, 15) is 4.79 Å². The molecule has 0 aliphatic heterocycles. The van der Waals surface area contributed by atoms with Crippen molar-refractivity contribution in [2.45, 2.75) is 19.9 Å². The molecule has 1 N–H and O–H groups in total. The molecule has 1 atom stereocenters. The van der Waals surface area contributed by atoms with Gasteiger partial charge in [0.1, 0.15) is 5.58 Å². The Balaban J connectivity index is 2.06. The number of fused-ring (bicyclic) bond motifs is 3. The summed E-state index contributed by atoms with van der Waals surface area (Å²) in [5, 5.41) is 5.99. The molecule has 0 spiro atoms. The van der Waals surface area contributed by atoms with Crippen LogP contribution in [0.1, 0.15) is 23.0 Å². The summed E-state index contributed by atoms with van der Waals surface area (Å²) < 4.78 is 10.9. The third-order valence-corrected chi connectivity index (χ3v) is 3.83. The molecule has 1 aromatic heterocycles. The third-order valence-electron chi connectivity index (χ3n) is 3.83. The van der Waals surface area contributed by atoms with Crippen LogP contribution in [0.25, 0.3) is 21.7 Å². The van der Waals surface area contributed by atoms with Gasteiger partial charge in [0.25, 0.3) is 5.91 Å². The highest BCUT2D eigenvalue weighted by atomic mass is 16.5. The lowest BCUT2D eigenvalue weighted by Crippen LogP contribution is -2.35. The van der Waals surface area contributed by atoms with Crippen LogP contribution in [-0.4, -0.2) is 25.7 Å². The zero-order chi connectivity index (χ0) is 15.7. The second kappa shape index (κ2) is 5.81.